The molecule has 5 heteroatoms. The number of carbonyl (C=O) groups excluding carboxylic acids is 1. The van der Waals surface area contributed by atoms with Crippen LogP contribution in [0.15, 0.2) is 24.3 Å². The average Bonchev–Trinajstić information content (AvgIpc) is 3.20. The van der Waals surface area contributed by atoms with E-state index in [-0.39, 0.29) is 12.5 Å². The van der Waals surface area contributed by atoms with Crippen molar-refractivity contribution in [1.29, 1.82) is 0 Å². The van der Waals surface area contributed by atoms with Crippen LogP contribution in [0.4, 0.5) is 0 Å². The van der Waals surface area contributed by atoms with Gasteiger partial charge in [0.2, 0.25) is 5.91 Å². The number of aliphatic hydroxyl groups excluding tert-OH is 1. The molecule has 1 saturated carbocycles. The first-order chi connectivity index (χ1) is 9.58. The molecule has 20 heavy (non-hydrogen) atoms. The Bertz CT molecular complexity index is 474. The van der Waals surface area contributed by atoms with E-state index < -0.39 is 11.5 Å². The Morgan fingerprint density at radius 3 is 2.90 bits per heavy atom. The van der Waals surface area contributed by atoms with Crippen molar-refractivity contribution in [1.82, 2.24) is 5.32 Å². The third-order valence-corrected chi connectivity index (χ3v) is 3.92. The molecule has 4 nitrogen and oxygen atoms in total. The average molecular weight is 298 g/mol. The number of methoxy groups -OCH3 is 1. The number of nitrogens with one attached hydrogen (secondary N) is 1. The standard InChI is InChI=1S/C15H20ClNO3/c1-20-10-13(18)5-8-17-14(19)15(6-7-15)11-3-2-4-12(16)9-11/h2-4,9,13,18H,5-8,10H2,1H3,(H,17,19). The van der Waals surface area contributed by atoms with Gasteiger partial charge in [-0.1, -0.05) is 23.7 Å². The maximum absolute atomic E-state index is 12.3. The summed E-state index contributed by atoms with van der Waals surface area (Å²) in [5, 5.41) is 13.1. The summed E-state index contributed by atoms with van der Waals surface area (Å²) in [6.45, 7) is 0.737. The first kappa shape index (κ1) is 15.3. The zero-order chi connectivity index (χ0) is 14.6. The predicted octanol–water partition coefficient (Wildman–Crippen LogP) is 1.89. The summed E-state index contributed by atoms with van der Waals surface area (Å²) in [5.74, 6) is 0.0179. The molecular formula is C15H20ClNO3. The molecule has 2 N–H and O–H groups in total. The summed E-state index contributed by atoms with van der Waals surface area (Å²) in [4.78, 5) is 12.3. The van der Waals surface area contributed by atoms with Crippen molar-refractivity contribution in [2.45, 2.75) is 30.8 Å². The summed E-state index contributed by atoms with van der Waals surface area (Å²) in [7, 11) is 1.54. The van der Waals surface area contributed by atoms with E-state index in [1.165, 1.54) is 0 Å². The van der Waals surface area contributed by atoms with E-state index in [9.17, 15) is 9.90 Å². The molecule has 1 fully saturated rings. The minimum absolute atomic E-state index is 0.0179. The van der Waals surface area contributed by atoms with Gasteiger partial charge in [0.15, 0.2) is 0 Å². The van der Waals surface area contributed by atoms with E-state index in [1.54, 1.807) is 13.2 Å². The first-order valence-electron chi connectivity index (χ1n) is 6.80. The lowest BCUT2D eigenvalue weighted by molar-refractivity contribution is -0.123. The highest BCUT2D eigenvalue weighted by Crippen LogP contribution is 2.48. The molecule has 1 unspecified atom stereocenters. The van der Waals surface area contributed by atoms with Crippen LogP contribution in [-0.2, 0) is 14.9 Å². The van der Waals surface area contributed by atoms with Gasteiger partial charge in [0.05, 0.1) is 18.1 Å². The van der Waals surface area contributed by atoms with Crippen LogP contribution in [0, 0.1) is 0 Å². The third-order valence-electron chi connectivity index (χ3n) is 3.68. The highest BCUT2D eigenvalue weighted by atomic mass is 35.5. The molecule has 1 aliphatic carbocycles. The largest absolute Gasteiger partial charge is 0.391 e. The fourth-order valence-corrected chi connectivity index (χ4v) is 2.55. The van der Waals surface area contributed by atoms with Gasteiger partial charge < -0.3 is 15.2 Å². The van der Waals surface area contributed by atoms with E-state index in [2.05, 4.69) is 5.32 Å². The number of aliphatic hydroxyl groups is 1. The molecule has 0 spiro atoms. The fourth-order valence-electron chi connectivity index (χ4n) is 2.36. The summed E-state index contributed by atoms with van der Waals surface area (Å²) in [6, 6.07) is 7.47. The third kappa shape index (κ3) is 3.51. The Morgan fingerprint density at radius 1 is 1.55 bits per heavy atom. The SMILES string of the molecule is COCC(O)CCNC(=O)C1(c2cccc(Cl)c2)CC1. The maximum atomic E-state index is 12.3. The summed E-state index contributed by atoms with van der Waals surface area (Å²) in [5.41, 5.74) is 0.553. The highest BCUT2D eigenvalue weighted by Gasteiger charge is 2.51. The molecule has 1 aromatic rings. The van der Waals surface area contributed by atoms with Crippen molar-refractivity contribution in [3.05, 3.63) is 34.9 Å². The van der Waals surface area contributed by atoms with Crippen LogP contribution in [0.25, 0.3) is 0 Å². The van der Waals surface area contributed by atoms with Gasteiger partial charge in [-0.3, -0.25) is 4.79 Å². The van der Waals surface area contributed by atoms with Crippen LogP contribution in [0.3, 0.4) is 0 Å². The molecule has 1 atom stereocenters. The predicted molar refractivity (Wildman–Crippen MR) is 77.9 cm³/mol. The smallest absolute Gasteiger partial charge is 0.230 e. The molecule has 110 valence electrons. The van der Waals surface area contributed by atoms with Crippen molar-refractivity contribution in [3.63, 3.8) is 0 Å². The normalized spacial score (nSPS) is 17.6. The van der Waals surface area contributed by atoms with E-state index in [0.717, 1.165) is 18.4 Å². The molecule has 0 bridgehead atoms. The summed E-state index contributed by atoms with van der Waals surface area (Å²) >= 11 is 5.99. The Balaban J connectivity index is 1.89. The van der Waals surface area contributed by atoms with Gasteiger partial charge >= 0.3 is 0 Å². The molecule has 0 aliphatic heterocycles. The molecule has 0 heterocycles. The zero-order valence-electron chi connectivity index (χ0n) is 11.6. The number of amides is 1. The fraction of sp³-hybridized carbons (Fsp3) is 0.533. The van der Waals surface area contributed by atoms with Crippen LogP contribution in [0.1, 0.15) is 24.8 Å². The number of ether oxygens (including phenoxy) is 1. The lowest BCUT2D eigenvalue weighted by Gasteiger charge is -2.17. The summed E-state index contributed by atoms with van der Waals surface area (Å²) in [6.07, 6.45) is 1.65. The van der Waals surface area contributed by atoms with Crippen molar-refractivity contribution in [2.75, 3.05) is 20.3 Å². The van der Waals surface area contributed by atoms with Crippen LogP contribution < -0.4 is 5.32 Å². The Morgan fingerprint density at radius 2 is 2.30 bits per heavy atom. The van der Waals surface area contributed by atoms with Crippen molar-refractivity contribution < 1.29 is 14.6 Å². The van der Waals surface area contributed by atoms with E-state index in [0.29, 0.717) is 18.0 Å². The highest BCUT2D eigenvalue weighted by molar-refractivity contribution is 6.30. The second-order valence-corrected chi connectivity index (χ2v) is 5.68. The van der Waals surface area contributed by atoms with Gasteiger partial charge in [-0.15, -0.1) is 0 Å². The van der Waals surface area contributed by atoms with Gasteiger partial charge in [0.1, 0.15) is 0 Å². The molecule has 1 aliphatic rings. The van der Waals surface area contributed by atoms with E-state index in [1.807, 2.05) is 18.2 Å². The number of carbonyl (C=O) groups is 1. The minimum atomic E-state index is -0.540. The van der Waals surface area contributed by atoms with Crippen LogP contribution >= 0.6 is 11.6 Å². The molecule has 1 aromatic carbocycles. The van der Waals surface area contributed by atoms with E-state index >= 15 is 0 Å². The molecule has 0 saturated heterocycles. The van der Waals surface area contributed by atoms with Crippen LogP contribution in [0.2, 0.25) is 5.02 Å². The van der Waals surface area contributed by atoms with Gasteiger partial charge in [-0.05, 0) is 37.0 Å². The molecule has 2 rings (SSSR count). The van der Waals surface area contributed by atoms with Gasteiger partial charge in [0, 0.05) is 18.7 Å². The number of hydrogen-bond donors (Lipinski definition) is 2. The first-order valence-corrected chi connectivity index (χ1v) is 7.17. The maximum Gasteiger partial charge on any atom is 0.230 e. The molecule has 0 radical (unpaired) electrons. The number of rotatable bonds is 7. The summed E-state index contributed by atoms with van der Waals surface area (Å²) < 4.78 is 4.85. The van der Waals surface area contributed by atoms with Crippen LogP contribution in [-0.4, -0.2) is 37.4 Å². The monoisotopic (exact) mass is 297 g/mol. The molecular weight excluding hydrogens is 278 g/mol. The van der Waals surface area contributed by atoms with Gasteiger partial charge in [-0.2, -0.15) is 0 Å². The topological polar surface area (TPSA) is 58.6 Å². The van der Waals surface area contributed by atoms with Crippen molar-refractivity contribution >= 4 is 17.5 Å². The van der Waals surface area contributed by atoms with Crippen molar-refractivity contribution in [3.8, 4) is 0 Å². The quantitative estimate of drug-likeness (QED) is 0.808. The molecule has 1 amide bonds. The number of benzene rings is 1. The lowest BCUT2D eigenvalue weighted by atomic mass is 9.95. The minimum Gasteiger partial charge on any atom is -0.391 e. The lowest BCUT2D eigenvalue weighted by Crippen LogP contribution is -2.36. The van der Waals surface area contributed by atoms with Crippen molar-refractivity contribution in [2.24, 2.45) is 0 Å². The van der Waals surface area contributed by atoms with E-state index in [4.69, 9.17) is 16.3 Å². The van der Waals surface area contributed by atoms with Gasteiger partial charge in [0.25, 0.3) is 0 Å². The van der Waals surface area contributed by atoms with Crippen LogP contribution in [0.5, 0.6) is 0 Å². The Kier molecular flexibility index (Phi) is 5.02. The Labute approximate surface area is 124 Å². The zero-order valence-corrected chi connectivity index (χ0v) is 12.3. The second kappa shape index (κ2) is 6.57. The molecule has 0 aromatic heterocycles. The number of hydrogen-bond acceptors (Lipinski definition) is 3. The second-order valence-electron chi connectivity index (χ2n) is 5.25. The Hall–Kier alpha value is -1.10. The number of halogens is 1. The van der Waals surface area contributed by atoms with Gasteiger partial charge in [-0.25, -0.2) is 0 Å².